The second-order valence-electron chi connectivity index (χ2n) is 7.89. The quantitative estimate of drug-likeness (QED) is 0.698. The van der Waals surface area contributed by atoms with Gasteiger partial charge in [-0.1, -0.05) is 6.07 Å². The first-order valence-electron chi connectivity index (χ1n) is 10.2. The van der Waals surface area contributed by atoms with Crippen molar-refractivity contribution in [2.24, 2.45) is 7.05 Å². The van der Waals surface area contributed by atoms with Gasteiger partial charge in [0.25, 0.3) is 0 Å². The van der Waals surface area contributed by atoms with Crippen molar-refractivity contribution in [1.82, 2.24) is 14.5 Å². The fourth-order valence-corrected chi connectivity index (χ4v) is 4.41. The van der Waals surface area contributed by atoms with Gasteiger partial charge >= 0.3 is 0 Å². The summed E-state index contributed by atoms with van der Waals surface area (Å²) in [5, 5.41) is 1.20. The van der Waals surface area contributed by atoms with Gasteiger partial charge in [0, 0.05) is 38.1 Å². The van der Waals surface area contributed by atoms with E-state index in [0.29, 0.717) is 0 Å². The summed E-state index contributed by atoms with van der Waals surface area (Å²) in [4.78, 5) is 7.17. The number of hydrogen-bond acceptors (Lipinski definition) is 4. The number of benzene rings is 1. The van der Waals surface area contributed by atoms with E-state index in [-0.39, 0.29) is 6.10 Å². The van der Waals surface area contributed by atoms with Crippen LogP contribution in [-0.2, 0) is 26.4 Å². The molecule has 3 heterocycles. The maximum atomic E-state index is 6.37. The van der Waals surface area contributed by atoms with Crippen LogP contribution in [0.1, 0.15) is 43.0 Å². The monoisotopic (exact) mass is 365 g/mol. The van der Waals surface area contributed by atoms with Gasteiger partial charge in [0.1, 0.15) is 17.6 Å². The number of hydrogen-bond donors (Lipinski definition) is 0. The van der Waals surface area contributed by atoms with Gasteiger partial charge in [-0.2, -0.15) is 0 Å². The lowest BCUT2D eigenvalue weighted by atomic mass is 10.0. The summed E-state index contributed by atoms with van der Waals surface area (Å²) in [7, 11) is 2.07. The lowest BCUT2D eigenvalue weighted by Crippen LogP contribution is -2.37. The van der Waals surface area contributed by atoms with Crippen LogP contribution in [0.25, 0.3) is 10.9 Å². The van der Waals surface area contributed by atoms with E-state index < -0.39 is 0 Å². The third-order valence-corrected chi connectivity index (χ3v) is 5.96. The molecule has 0 bridgehead atoms. The Morgan fingerprint density at radius 3 is 2.85 bits per heavy atom. The largest absolute Gasteiger partial charge is 0.490 e. The molecule has 0 N–H and O–H groups in total. The molecule has 142 valence electrons. The van der Waals surface area contributed by atoms with Crippen LogP contribution in [0, 0.1) is 0 Å². The normalized spacial score (nSPS) is 18.7. The molecule has 0 unspecified atom stereocenters. The summed E-state index contributed by atoms with van der Waals surface area (Å²) in [5.41, 5.74) is 2.42. The van der Waals surface area contributed by atoms with E-state index in [1.165, 1.54) is 29.4 Å². The van der Waals surface area contributed by atoms with E-state index in [9.17, 15) is 0 Å². The standard InChI is InChI=1S/C22H27N3O2/c1-24-12-11-17-19(24)6-4-8-20(17)26-16-9-13-25(14-10-16)15-22-23-18-5-2-3-7-21(18)27-22/h4,6,8,11-12,16H,2-3,5,7,9-10,13-15H2,1H3. The molecule has 2 aromatic heterocycles. The Bertz CT molecular complexity index is 911. The van der Waals surface area contributed by atoms with E-state index in [1.54, 1.807) is 0 Å². The maximum Gasteiger partial charge on any atom is 0.208 e. The maximum absolute atomic E-state index is 6.37. The summed E-state index contributed by atoms with van der Waals surface area (Å²) in [6.45, 7) is 2.89. The van der Waals surface area contributed by atoms with Gasteiger partial charge in [-0.25, -0.2) is 4.98 Å². The van der Waals surface area contributed by atoms with Crippen molar-refractivity contribution in [3.05, 3.63) is 47.8 Å². The van der Waals surface area contributed by atoms with Gasteiger partial charge in [-0.05, 0) is 50.3 Å². The molecule has 0 saturated carbocycles. The third kappa shape index (κ3) is 3.36. The molecule has 1 aliphatic carbocycles. The minimum atomic E-state index is 0.282. The molecule has 5 heteroatoms. The van der Waals surface area contributed by atoms with Crippen LogP contribution in [0.4, 0.5) is 0 Å². The van der Waals surface area contributed by atoms with Crippen LogP contribution in [-0.4, -0.2) is 33.6 Å². The zero-order chi connectivity index (χ0) is 18.2. The average Bonchev–Trinajstić information content (AvgIpc) is 3.27. The van der Waals surface area contributed by atoms with E-state index in [2.05, 4.69) is 47.0 Å². The summed E-state index contributed by atoms with van der Waals surface area (Å²) >= 11 is 0. The predicted octanol–water partition coefficient (Wildman–Crippen LogP) is 4.09. The SMILES string of the molecule is Cn1ccc2c(OC3CCN(Cc4nc5c(o4)CCCC5)CC3)cccc21. The smallest absolute Gasteiger partial charge is 0.208 e. The van der Waals surface area contributed by atoms with E-state index in [0.717, 1.165) is 62.7 Å². The van der Waals surface area contributed by atoms with Gasteiger partial charge in [0.2, 0.25) is 5.89 Å². The Hall–Kier alpha value is -2.27. The van der Waals surface area contributed by atoms with Crippen molar-refractivity contribution in [2.45, 2.75) is 51.2 Å². The highest BCUT2D eigenvalue weighted by atomic mass is 16.5. The van der Waals surface area contributed by atoms with E-state index in [1.807, 2.05) is 0 Å². The number of rotatable bonds is 4. The molecular weight excluding hydrogens is 338 g/mol. The Kier molecular flexibility index (Phi) is 4.40. The first-order chi connectivity index (χ1) is 13.3. The minimum absolute atomic E-state index is 0.282. The summed E-state index contributed by atoms with van der Waals surface area (Å²) in [5.74, 6) is 3.03. The van der Waals surface area contributed by atoms with E-state index in [4.69, 9.17) is 14.1 Å². The molecular formula is C22H27N3O2. The predicted molar refractivity (Wildman–Crippen MR) is 105 cm³/mol. The number of aryl methyl sites for hydroxylation is 3. The molecule has 1 saturated heterocycles. The highest BCUT2D eigenvalue weighted by molar-refractivity contribution is 5.86. The minimum Gasteiger partial charge on any atom is -0.490 e. The van der Waals surface area contributed by atoms with Crippen LogP contribution in [0.5, 0.6) is 5.75 Å². The van der Waals surface area contributed by atoms with E-state index >= 15 is 0 Å². The molecule has 1 fully saturated rings. The van der Waals surface area contributed by atoms with Gasteiger partial charge in [0.05, 0.1) is 17.8 Å². The van der Waals surface area contributed by atoms with Gasteiger partial charge in [0.15, 0.2) is 0 Å². The number of piperidine rings is 1. The summed E-state index contributed by atoms with van der Waals surface area (Å²) < 4.78 is 14.5. The Morgan fingerprint density at radius 1 is 1.15 bits per heavy atom. The van der Waals surface area contributed by atoms with Crippen LogP contribution < -0.4 is 4.74 Å². The lowest BCUT2D eigenvalue weighted by molar-refractivity contribution is 0.0927. The highest BCUT2D eigenvalue weighted by Crippen LogP contribution is 2.29. The van der Waals surface area contributed by atoms with Crippen molar-refractivity contribution < 1.29 is 9.15 Å². The molecule has 5 nitrogen and oxygen atoms in total. The Morgan fingerprint density at radius 2 is 2.00 bits per heavy atom. The summed E-state index contributed by atoms with van der Waals surface area (Å²) in [6, 6.07) is 8.45. The molecule has 5 rings (SSSR count). The van der Waals surface area contributed by atoms with Crippen LogP contribution in [0.3, 0.4) is 0 Å². The second kappa shape index (κ2) is 7.04. The fourth-order valence-electron chi connectivity index (χ4n) is 4.41. The number of ether oxygens (including phenoxy) is 1. The topological polar surface area (TPSA) is 43.4 Å². The number of oxazole rings is 1. The molecule has 1 aliphatic heterocycles. The van der Waals surface area contributed by atoms with Crippen molar-refractivity contribution >= 4 is 10.9 Å². The zero-order valence-corrected chi connectivity index (χ0v) is 16.0. The van der Waals surface area contributed by atoms with Crippen LogP contribution in [0.15, 0.2) is 34.9 Å². The molecule has 2 aliphatic rings. The molecule has 0 radical (unpaired) electrons. The van der Waals surface area contributed by atoms with Crippen molar-refractivity contribution in [3.8, 4) is 5.75 Å². The number of nitrogens with zero attached hydrogens (tertiary/aromatic N) is 3. The zero-order valence-electron chi connectivity index (χ0n) is 16.0. The number of likely N-dealkylation sites (tertiary alicyclic amines) is 1. The Balaban J connectivity index is 1.19. The van der Waals surface area contributed by atoms with Crippen molar-refractivity contribution in [3.63, 3.8) is 0 Å². The molecule has 1 aromatic carbocycles. The highest BCUT2D eigenvalue weighted by Gasteiger charge is 2.24. The lowest BCUT2D eigenvalue weighted by Gasteiger charge is -2.31. The number of aromatic nitrogens is 2. The van der Waals surface area contributed by atoms with Gasteiger partial charge < -0.3 is 13.7 Å². The van der Waals surface area contributed by atoms with Crippen LogP contribution >= 0.6 is 0 Å². The van der Waals surface area contributed by atoms with Crippen molar-refractivity contribution in [2.75, 3.05) is 13.1 Å². The van der Waals surface area contributed by atoms with Crippen molar-refractivity contribution in [1.29, 1.82) is 0 Å². The van der Waals surface area contributed by atoms with Gasteiger partial charge in [-0.3, -0.25) is 4.90 Å². The first-order valence-corrected chi connectivity index (χ1v) is 10.2. The average molecular weight is 365 g/mol. The van der Waals surface area contributed by atoms with Gasteiger partial charge in [-0.15, -0.1) is 0 Å². The third-order valence-electron chi connectivity index (χ3n) is 5.96. The first kappa shape index (κ1) is 16.9. The molecule has 0 amide bonds. The second-order valence-corrected chi connectivity index (χ2v) is 7.89. The molecule has 3 aromatic rings. The summed E-state index contributed by atoms with van der Waals surface area (Å²) in [6.07, 6.45) is 9.09. The number of fused-ring (bicyclic) bond motifs is 2. The molecule has 27 heavy (non-hydrogen) atoms. The molecule has 0 spiro atoms. The van der Waals surface area contributed by atoms with Crippen LogP contribution in [0.2, 0.25) is 0 Å². The molecule has 0 atom stereocenters. The fraction of sp³-hybridized carbons (Fsp3) is 0.500. The Labute approximate surface area is 159 Å².